The molecule has 2 nitrogen and oxygen atoms in total. The number of aliphatic hydroxyl groups excluding tert-OH is 1. The van der Waals surface area contributed by atoms with Crippen LogP contribution in [0.5, 0.6) is 0 Å². The third-order valence-corrected chi connectivity index (χ3v) is 3.17. The van der Waals surface area contributed by atoms with E-state index in [0.29, 0.717) is 4.34 Å². The van der Waals surface area contributed by atoms with E-state index in [1.807, 2.05) is 0 Å². The summed E-state index contributed by atoms with van der Waals surface area (Å²) in [5.74, 6) is -2.07. The van der Waals surface area contributed by atoms with Crippen LogP contribution >= 0.6 is 22.9 Å². The highest BCUT2D eigenvalue weighted by Gasteiger charge is 2.20. The molecular formula is C10H6ClF2NOS. The molecule has 1 N–H and O–H groups in total. The van der Waals surface area contributed by atoms with Crippen molar-refractivity contribution in [1.82, 2.24) is 4.98 Å². The topological polar surface area (TPSA) is 33.1 Å². The average Bonchev–Trinajstić information content (AvgIpc) is 2.68. The largest absolute Gasteiger partial charge is 0.381 e. The zero-order chi connectivity index (χ0) is 11.7. The third-order valence-electron chi connectivity index (χ3n) is 2.01. The number of aliphatic hydroxyl groups is 1. The number of nitrogens with zero attached hydrogens (tertiary/aromatic N) is 1. The molecule has 2 aromatic rings. The van der Waals surface area contributed by atoms with Crippen LogP contribution < -0.4 is 0 Å². The van der Waals surface area contributed by atoms with E-state index < -0.39 is 17.7 Å². The molecule has 0 aliphatic carbocycles. The van der Waals surface area contributed by atoms with Crippen molar-refractivity contribution in [3.05, 3.63) is 50.9 Å². The standard InChI is InChI=1S/C10H6ClF2NOS/c11-7-4-14-10(16-7)9(15)5-2-1-3-6(12)8(5)13/h1-4,9,15H. The average molecular weight is 262 g/mol. The van der Waals surface area contributed by atoms with Crippen LogP contribution in [-0.4, -0.2) is 10.1 Å². The van der Waals surface area contributed by atoms with E-state index in [-0.39, 0.29) is 10.6 Å². The molecule has 0 aliphatic rings. The first-order valence-corrected chi connectivity index (χ1v) is 5.52. The molecule has 1 unspecified atom stereocenters. The smallest absolute Gasteiger partial charge is 0.165 e. The first-order chi connectivity index (χ1) is 7.59. The molecule has 1 aromatic carbocycles. The van der Waals surface area contributed by atoms with Crippen molar-refractivity contribution in [2.75, 3.05) is 0 Å². The second-order valence-electron chi connectivity index (χ2n) is 3.05. The molecular weight excluding hydrogens is 256 g/mol. The van der Waals surface area contributed by atoms with Gasteiger partial charge in [0.15, 0.2) is 11.6 Å². The van der Waals surface area contributed by atoms with Crippen molar-refractivity contribution in [1.29, 1.82) is 0 Å². The van der Waals surface area contributed by atoms with Gasteiger partial charge in [-0.1, -0.05) is 23.7 Å². The van der Waals surface area contributed by atoms with E-state index >= 15 is 0 Å². The van der Waals surface area contributed by atoms with Gasteiger partial charge in [-0.15, -0.1) is 11.3 Å². The SMILES string of the molecule is OC(c1ncc(Cl)s1)c1cccc(F)c1F. The summed E-state index contributed by atoms with van der Waals surface area (Å²) >= 11 is 6.66. The Bertz CT molecular complexity index is 517. The van der Waals surface area contributed by atoms with E-state index in [1.54, 1.807) is 0 Å². The third kappa shape index (κ3) is 2.07. The molecule has 0 spiro atoms. The fourth-order valence-corrected chi connectivity index (χ4v) is 2.19. The Morgan fingerprint density at radius 1 is 1.38 bits per heavy atom. The number of rotatable bonds is 2. The van der Waals surface area contributed by atoms with E-state index in [4.69, 9.17) is 11.6 Å². The summed E-state index contributed by atoms with van der Waals surface area (Å²) in [5.41, 5.74) is -0.147. The molecule has 0 radical (unpaired) electrons. The Morgan fingerprint density at radius 3 is 2.75 bits per heavy atom. The molecule has 0 saturated heterocycles. The number of thiazole rings is 1. The maximum absolute atomic E-state index is 13.4. The van der Waals surface area contributed by atoms with Crippen molar-refractivity contribution >= 4 is 22.9 Å². The van der Waals surface area contributed by atoms with Gasteiger partial charge in [0.25, 0.3) is 0 Å². The number of aromatic nitrogens is 1. The van der Waals surface area contributed by atoms with Gasteiger partial charge in [0.2, 0.25) is 0 Å². The molecule has 0 amide bonds. The number of halogens is 3. The second kappa shape index (κ2) is 4.45. The Labute approximate surface area is 99.1 Å². The van der Waals surface area contributed by atoms with Gasteiger partial charge in [-0.25, -0.2) is 13.8 Å². The molecule has 0 bridgehead atoms. The molecule has 1 atom stereocenters. The monoisotopic (exact) mass is 261 g/mol. The highest BCUT2D eigenvalue weighted by atomic mass is 35.5. The highest BCUT2D eigenvalue weighted by Crippen LogP contribution is 2.30. The van der Waals surface area contributed by atoms with Gasteiger partial charge in [-0.3, -0.25) is 0 Å². The van der Waals surface area contributed by atoms with E-state index in [9.17, 15) is 13.9 Å². The van der Waals surface area contributed by atoms with Gasteiger partial charge < -0.3 is 5.11 Å². The van der Waals surface area contributed by atoms with Crippen LogP contribution in [0.15, 0.2) is 24.4 Å². The fourth-order valence-electron chi connectivity index (χ4n) is 1.26. The minimum atomic E-state index is -1.30. The van der Waals surface area contributed by atoms with E-state index in [0.717, 1.165) is 17.4 Å². The van der Waals surface area contributed by atoms with Crippen molar-refractivity contribution in [3.63, 3.8) is 0 Å². The van der Waals surface area contributed by atoms with Gasteiger partial charge in [-0.2, -0.15) is 0 Å². The Morgan fingerprint density at radius 2 is 2.12 bits per heavy atom. The second-order valence-corrected chi connectivity index (χ2v) is 4.74. The van der Waals surface area contributed by atoms with Crippen molar-refractivity contribution in [2.24, 2.45) is 0 Å². The van der Waals surface area contributed by atoms with Crippen LogP contribution in [0.4, 0.5) is 8.78 Å². The minimum absolute atomic E-state index is 0.147. The normalized spacial score (nSPS) is 12.8. The molecule has 6 heteroatoms. The van der Waals surface area contributed by atoms with E-state index in [2.05, 4.69) is 4.98 Å². The molecule has 1 heterocycles. The molecule has 2 rings (SSSR count). The van der Waals surface area contributed by atoms with Crippen LogP contribution in [0, 0.1) is 11.6 Å². The molecule has 16 heavy (non-hydrogen) atoms. The predicted molar refractivity (Wildman–Crippen MR) is 57.5 cm³/mol. The maximum atomic E-state index is 13.4. The highest BCUT2D eigenvalue weighted by molar-refractivity contribution is 7.15. The lowest BCUT2D eigenvalue weighted by atomic mass is 10.1. The lowest BCUT2D eigenvalue weighted by Gasteiger charge is -2.08. The maximum Gasteiger partial charge on any atom is 0.165 e. The van der Waals surface area contributed by atoms with Gasteiger partial charge in [0.05, 0.1) is 6.20 Å². The van der Waals surface area contributed by atoms with Crippen LogP contribution in [0.2, 0.25) is 4.34 Å². The fraction of sp³-hybridized carbons (Fsp3) is 0.100. The van der Waals surface area contributed by atoms with Crippen LogP contribution in [0.25, 0.3) is 0 Å². The van der Waals surface area contributed by atoms with Crippen molar-refractivity contribution < 1.29 is 13.9 Å². The van der Waals surface area contributed by atoms with Crippen molar-refractivity contribution in [2.45, 2.75) is 6.10 Å². The van der Waals surface area contributed by atoms with Crippen LogP contribution in [0.1, 0.15) is 16.7 Å². The van der Waals surface area contributed by atoms with Gasteiger partial charge in [0.1, 0.15) is 15.4 Å². The summed E-state index contributed by atoms with van der Waals surface area (Å²) in [6, 6.07) is 3.62. The van der Waals surface area contributed by atoms with Crippen LogP contribution in [0.3, 0.4) is 0 Å². The van der Waals surface area contributed by atoms with Gasteiger partial charge >= 0.3 is 0 Å². The molecule has 1 aromatic heterocycles. The Balaban J connectivity index is 2.41. The summed E-state index contributed by atoms with van der Waals surface area (Å²) in [6.45, 7) is 0. The Hall–Kier alpha value is -1.04. The summed E-state index contributed by atoms with van der Waals surface area (Å²) in [6.07, 6.45) is 0.0512. The summed E-state index contributed by atoms with van der Waals surface area (Å²) in [4.78, 5) is 3.81. The molecule has 0 aliphatic heterocycles. The quantitative estimate of drug-likeness (QED) is 0.901. The van der Waals surface area contributed by atoms with Crippen molar-refractivity contribution in [3.8, 4) is 0 Å². The Kier molecular flexibility index (Phi) is 3.18. The molecule has 84 valence electrons. The lowest BCUT2D eigenvalue weighted by molar-refractivity contribution is 0.213. The summed E-state index contributed by atoms with van der Waals surface area (Å²) in [5, 5.41) is 10.0. The number of benzene rings is 1. The summed E-state index contributed by atoms with van der Waals surface area (Å²) < 4.78 is 26.7. The first-order valence-electron chi connectivity index (χ1n) is 4.33. The van der Waals surface area contributed by atoms with Gasteiger partial charge in [-0.05, 0) is 6.07 Å². The number of hydrogen-bond acceptors (Lipinski definition) is 3. The van der Waals surface area contributed by atoms with Crippen LogP contribution in [-0.2, 0) is 0 Å². The lowest BCUT2D eigenvalue weighted by Crippen LogP contribution is -2.03. The predicted octanol–water partition coefficient (Wildman–Crippen LogP) is 3.16. The summed E-state index contributed by atoms with van der Waals surface area (Å²) in [7, 11) is 0. The molecule has 0 fully saturated rings. The number of hydrogen-bond donors (Lipinski definition) is 1. The molecule has 0 saturated carbocycles. The minimum Gasteiger partial charge on any atom is -0.381 e. The first kappa shape index (κ1) is 11.4. The van der Waals surface area contributed by atoms with Gasteiger partial charge in [0, 0.05) is 5.56 Å². The zero-order valence-electron chi connectivity index (χ0n) is 7.82. The zero-order valence-corrected chi connectivity index (χ0v) is 9.40. The van der Waals surface area contributed by atoms with E-state index in [1.165, 1.54) is 18.3 Å².